The fourth-order valence-corrected chi connectivity index (χ4v) is 3.12. The van der Waals surface area contributed by atoms with E-state index in [4.69, 9.17) is 0 Å². The summed E-state index contributed by atoms with van der Waals surface area (Å²) in [4.78, 5) is 6.76. The third kappa shape index (κ3) is 6.22. The Morgan fingerprint density at radius 2 is 1.91 bits per heavy atom. The predicted octanol–water partition coefficient (Wildman–Crippen LogP) is 2.69. The zero-order chi connectivity index (χ0) is 16.5. The van der Waals surface area contributed by atoms with E-state index in [9.17, 15) is 0 Å². The molecule has 1 aliphatic heterocycles. The normalized spacial score (nSPS) is 18.7. The van der Waals surface area contributed by atoms with E-state index in [2.05, 4.69) is 64.8 Å². The summed E-state index contributed by atoms with van der Waals surface area (Å²) >= 11 is 0. The minimum absolute atomic E-state index is 0.476. The van der Waals surface area contributed by atoms with Gasteiger partial charge in [0, 0.05) is 20.1 Å². The smallest absolute Gasteiger partial charge is 0.190 e. The van der Waals surface area contributed by atoms with Crippen molar-refractivity contribution in [1.82, 2.24) is 15.5 Å². The molecule has 1 aliphatic rings. The van der Waals surface area contributed by atoms with Crippen molar-refractivity contribution in [2.45, 2.75) is 32.1 Å². The Bertz CT molecular complexity index is 464. The molecule has 1 aromatic rings. The molecule has 0 spiro atoms. The highest BCUT2D eigenvalue weighted by Gasteiger charge is 2.16. The molecular weight excluding hydrogens is 284 g/mol. The lowest BCUT2D eigenvalue weighted by atomic mass is 9.94. The highest BCUT2D eigenvalue weighted by Crippen LogP contribution is 2.18. The quantitative estimate of drug-likeness (QED) is 0.626. The number of likely N-dealkylation sites (tertiary alicyclic amines) is 1. The van der Waals surface area contributed by atoms with Gasteiger partial charge < -0.3 is 15.5 Å². The summed E-state index contributed by atoms with van der Waals surface area (Å²) in [6.45, 7) is 6.64. The number of guanidine groups is 1. The largest absolute Gasteiger partial charge is 0.356 e. The third-order valence-electron chi connectivity index (χ3n) is 4.85. The van der Waals surface area contributed by atoms with E-state index in [1.807, 2.05) is 7.05 Å². The summed E-state index contributed by atoms with van der Waals surface area (Å²) in [5.41, 5.74) is 1.36. The van der Waals surface area contributed by atoms with Crippen molar-refractivity contribution < 1.29 is 0 Å². The number of aliphatic imine (C=N–C) groups is 1. The van der Waals surface area contributed by atoms with Crippen LogP contribution in [0.1, 0.15) is 37.7 Å². The summed E-state index contributed by atoms with van der Waals surface area (Å²) in [7, 11) is 4.06. The Morgan fingerprint density at radius 1 is 1.22 bits per heavy atom. The first-order valence-corrected chi connectivity index (χ1v) is 8.87. The number of rotatable bonds is 6. The van der Waals surface area contributed by atoms with Crippen LogP contribution in [0.4, 0.5) is 0 Å². The third-order valence-corrected chi connectivity index (χ3v) is 4.85. The number of hydrogen-bond donors (Lipinski definition) is 2. The molecule has 23 heavy (non-hydrogen) atoms. The Hall–Kier alpha value is -1.55. The van der Waals surface area contributed by atoms with Gasteiger partial charge in [-0.05, 0) is 56.8 Å². The van der Waals surface area contributed by atoms with Crippen molar-refractivity contribution in [3.05, 3.63) is 35.9 Å². The molecular formula is C19H32N4. The highest BCUT2D eigenvalue weighted by atomic mass is 15.2. The van der Waals surface area contributed by atoms with Gasteiger partial charge in [-0.15, -0.1) is 0 Å². The van der Waals surface area contributed by atoms with Gasteiger partial charge in [-0.1, -0.05) is 37.3 Å². The van der Waals surface area contributed by atoms with E-state index in [0.29, 0.717) is 5.92 Å². The van der Waals surface area contributed by atoms with Crippen LogP contribution in [-0.2, 0) is 0 Å². The van der Waals surface area contributed by atoms with Gasteiger partial charge in [0.1, 0.15) is 0 Å². The number of hydrogen-bond acceptors (Lipinski definition) is 2. The molecule has 0 aliphatic carbocycles. The van der Waals surface area contributed by atoms with E-state index in [1.165, 1.54) is 37.9 Å². The van der Waals surface area contributed by atoms with Crippen LogP contribution in [0.15, 0.2) is 35.3 Å². The second-order valence-electron chi connectivity index (χ2n) is 6.73. The molecule has 0 bridgehead atoms. The molecule has 4 nitrogen and oxygen atoms in total. The number of nitrogens with zero attached hydrogens (tertiary/aromatic N) is 2. The summed E-state index contributed by atoms with van der Waals surface area (Å²) < 4.78 is 0. The Kier molecular flexibility index (Phi) is 7.40. The Balaban J connectivity index is 1.65. The summed E-state index contributed by atoms with van der Waals surface area (Å²) in [6, 6.07) is 10.6. The van der Waals surface area contributed by atoms with Crippen molar-refractivity contribution in [2.75, 3.05) is 40.3 Å². The average molecular weight is 316 g/mol. The Morgan fingerprint density at radius 3 is 2.57 bits per heavy atom. The van der Waals surface area contributed by atoms with Gasteiger partial charge in [-0.25, -0.2) is 0 Å². The van der Waals surface area contributed by atoms with E-state index >= 15 is 0 Å². The molecule has 2 N–H and O–H groups in total. The molecule has 4 heteroatoms. The van der Waals surface area contributed by atoms with Crippen LogP contribution >= 0.6 is 0 Å². The lowest BCUT2D eigenvalue weighted by Gasteiger charge is -2.29. The molecule has 0 aromatic heterocycles. The molecule has 1 atom stereocenters. The number of benzene rings is 1. The molecule has 1 saturated heterocycles. The van der Waals surface area contributed by atoms with Gasteiger partial charge in [0.05, 0.1) is 0 Å². The van der Waals surface area contributed by atoms with Crippen molar-refractivity contribution in [3.63, 3.8) is 0 Å². The first kappa shape index (κ1) is 17.8. The molecule has 0 amide bonds. The van der Waals surface area contributed by atoms with Crippen LogP contribution in [0, 0.1) is 5.92 Å². The van der Waals surface area contributed by atoms with Gasteiger partial charge in [-0.2, -0.15) is 0 Å². The van der Waals surface area contributed by atoms with Gasteiger partial charge in [0.2, 0.25) is 0 Å². The summed E-state index contributed by atoms with van der Waals surface area (Å²) in [5, 5.41) is 6.90. The van der Waals surface area contributed by atoms with Crippen LogP contribution in [0.5, 0.6) is 0 Å². The van der Waals surface area contributed by atoms with Crippen molar-refractivity contribution >= 4 is 5.96 Å². The zero-order valence-corrected chi connectivity index (χ0v) is 14.9. The lowest BCUT2D eigenvalue weighted by Crippen LogP contribution is -2.40. The molecule has 0 saturated carbocycles. The molecule has 1 fully saturated rings. The first-order chi connectivity index (χ1) is 11.2. The van der Waals surface area contributed by atoms with Crippen LogP contribution in [0.3, 0.4) is 0 Å². The topological polar surface area (TPSA) is 39.7 Å². The minimum atomic E-state index is 0.476. The summed E-state index contributed by atoms with van der Waals surface area (Å²) in [6.07, 6.45) is 3.90. The fraction of sp³-hybridized carbons (Fsp3) is 0.632. The van der Waals surface area contributed by atoms with E-state index < -0.39 is 0 Å². The first-order valence-electron chi connectivity index (χ1n) is 8.87. The predicted molar refractivity (Wildman–Crippen MR) is 99.1 cm³/mol. The number of piperidine rings is 1. The van der Waals surface area contributed by atoms with Gasteiger partial charge in [0.25, 0.3) is 0 Å². The van der Waals surface area contributed by atoms with Crippen molar-refractivity contribution in [3.8, 4) is 0 Å². The maximum absolute atomic E-state index is 4.33. The van der Waals surface area contributed by atoms with Gasteiger partial charge >= 0.3 is 0 Å². The van der Waals surface area contributed by atoms with Crippen LogP contribution in [0.2, 0.25) is 0 Å². The summed E-state index contributed by atoms with van der Waals surface area (Å²) in [5.74, 6) is 2.25. The van der Waals surface area contributed by atoms with Crippen LogP contribution in [-0.4, -0.2) is 51.1 Å². The van der Waals surface area contributed by atoms with Crippen molar-refractivity contribution in [2.24, 2.45) is 10.9 Å². The van der Waals surface area contributed by atoms with Gasteiger partial charge in [0.15, 0.2) is 5.96 Å². The molecule has 0 radical (unpaired) electrons. The fourth-order valence-electron chi connectivity index (χ4n) is 3.12. The average Bonchev–Trinajstić information content (AvgIpc) is 2.60. The number of nitrogens with one attached hydrogen (secondary N) is 2. The molecule has 1 aromatic carbocycles. The zero-order valence-electron chi connectivity index (χ0n) is 14.9. The standard InChI is InChI=1S/C19H32N4/c1-16(18-7-5-4-6-8-18)15-22-19(20-2)21-12-9-17-10-13-23(3)14-11-17/h4-8,16-17H,9-15H2,1-3H3,(H2,20,21,22). The van der Waals surface area contributed by atoms with Gasteiger partial charge in [-0.3, -0.25) is 4.99 Å². The van der Waals surface area contributed by atoms with E-state index in [1.54, 1.807) is 0 Å². The minimum Gasteiger partial charge on any atom is -0.356 e. The van der Waals surface area contributed by atoms with Crippen LogP contribution < -0.4 is 10.6 Å². The van der Waals surface area contributed by atoms with Crippen molar-refractivity contribution in [1.29, 1.82) is 0 Å². The van der Waals surface area contributed by atoms with E-state index in [0.717, 1.165) is 25.0 Å². The van der Waals surface area contributed by atoms with Crippen LogP contribution in [0.25, 0.3) is 0 Å². The second kappa shape index (κ2) is 9.56. The Labute approximate surface area is 141 Å². The highest BCUT2D eigenvalue weighted by molar-refractivity contribution is 5.79. The molecule has 1 unspecified atom stereocenters. The maximum Gasteiger partial charge on any atom is 0.190 e. The SMILES string of the molecule is CN=C(NCCC1CCN(C)CC1)NCC(C)c1ccccc1. The van der Waals surface area contributed by atoms with E-state index in [-0.39, 0.29) is 0 Å². The molecule has 1 heterocycles. The molecule has 2 rings (SSSR count). The lowest BCUT2D eigenvalue weighted by molar-refractivity contribution is 0.213. The maximum atomic E-state index is 4.33. The monoisotopic (exact) mass is 316 g/mol. The molecule has 128 valence electrons. The second-order valence-corrected chi connectivity index (χ2v) is 6.73.